The Bertz CT molecular complexity index is 1220. The predicted molar refractivity (Wildman–Crippen MR) is 133 cm³/mol. The second-order valence-corrected chi connectivity index (χ2v) is 8.38. The summed E-state index contributed by atoms with van der Waals surface area (Å²) in [5.74, 6) is -0.761. The summed E-state index contributed by atoms with van der Waals surface area (Å²) in [4.78, 5) is 0. The third-order valence-electron chi connectivity index (χ3n) is 6.01. The van der Waals surface area contributed by atoms with Crippen LogP contribution in [0.15, 0.2) is 85.5 Å². The summed E-state index contributed by atoms with van der Waals surface area (Å²) in [7, 11) is 0.530. The van der Waals surface area contributed by atoms with Crippen LogP contribution in [0.25, 0.3) is 11.1 Å². The van der Waals surface area contributed by atoms with E-state index in [4.69, 9.17) is 9.31 Å². The second-order valence-electron chi connectivity index (χ2n) is 8.38. The van der Waals surface area contributed by atoms with Crippen molar-refractivity contribution < 1.29 is 37.3 Å². The van der Waals surface area contributed by atoms with E-state index in [0.29, 0.717) is 35.1 Å². The SMILES string of the molecule is COB(O)c1ccc(F)cc1C[n+]1ccc(-c2cc[n+](Cc3cc(F)ccc3B(O)OC)cc2)cc1. The van der Waals surface area contributed by atoms with Crippen molar-refractivity contribution in [3.63, 3.8) is 0 Å². The van der Waals surface area contributed by atoms with E-state index < -0.39 is 14.2 Å². The van der Waals surface area contributed by atoms with Gasteiger partial charge in [0.05, 0.1) is 0 Å². The molecule has 0 saturated carbocycles. The summed E-state index contributed by atoms with van der Waals surface area (Å²) in [6.07, 6.45) is 7.54. The summed E-state index contributed by atoms with van der Waals surface area (Å²) in [6, 6.07) is 16.2. The van der Waals surface area contributed by atoms with E-state index in [0.717, 1.165) is 11.1 Å². The minimum absolute atomic E-state index is 0.367. The van der Waals surface area contributed by atoms with Crippen LogP contribution < -0.4 is 20.1 Å². The largest absolute Gasteiger partial charge is 0.491 e. The van der Waals surface area contributed by atoms with Crippen LogP contribution in [0.5, 0.6) is 0 Å². The fourth-order valence-corrected chi connectivity index (χ4v) is 4.06. The lowest BCUT2D eigenvalue weighted by molar-refractivity contribution is -0.688. The van der Waals surface area contributed by atoms with Gasteiger partial charge in [0.2, 0.25) is 0 Å². The lowest BCUT2D eigenvalue weighted by atomic mass is 9.76. The first kappa shape index (κ1) is 25.7. The number of halogens is 2. The highest BCUT2D eigenvalue weighted by molar-refractivity contribution is 6.60. The molecule has 0 saturated heterocycles. The van der Waals surface area contributed by atoms with Gasteiger partial charge in [-0.3, -0.25) is 0 Å². The third kappa shape index (κ3) is 6.03. The van der Waals surface area contributed by atoms with Crippen LogP contribution >= 0.6 is 0 Å². The molecule has 0 spiro atoms. The Kier molecular flexibility index (Phi) is 8.22. The van der Waals surface area contributed by atoms with Gasteiger partial charge in [0.25, 0.3) is 0 Å². The van der Waals surface area contributed by atoms with E-state index in [-0.39, 0.29) is 11.6 Å². The average molecular weight is 490 g/mol. The molecule has 0 unspecified atom stereocenters. The number of rotatable bonds is 9. The van der Waals surface area contributed by atoms with Crippen LogP contribution in [0, 0.1) is 11.6 Å². The van der Waals surface area contributed by atoms with E-state index in [2.05, 4.69) is 0 Å². The van der Waals surface area contributed by atoms with Gasteiger partial charge in [-0.1, -0.05) is 12.1 Å². The molecule has 0 amide bonds. The summed E-state index contributed by atoms with van der Waals surface area (Å²) >= 11 is 0. The summed E-state index contributed by atoms with van der Waals surface area (Å²) in [5.41, 5.74) is 4.24. The van der Waals surface area contributed by atoms with Gasteiger partial charge >= 0.3 is 14.2 Å². The Morgan fingerprint density at radius 2 is 1.00 bits per heavy atom. The molecule has 2 N–H and O–H groups in total. The van der Waals surface area contributed by atoms with Gasteiger partial charge in [0.15, 0.2) is 37.9 Å². The molecule has 6 nitrogen and oxygen atoms in total. The topological polar surface area (TPSA) is 66.7 Å². The van der Waals surface area contributed by atoms with Crippen molar-refractivity contribution in [3.8, 4) is 11.1 Å². The Hall–Kier alpha value is -3.43. The Balaban J connectivity index is 1.49. The zero-order valence-corrected chi connectivity index (χ0v) is 20.0. The Morgan fingerprint density at radius 3 is 1.33 bits per heavy atom. The van der Waals surface area contributed by atoms with Crippen molar-refractivity contribution in [2.24, 2.45) is 0 Å². The molecule has 2 aromatic carbocycles. The van der Waals surface area contributed by atoms with Crippen LogP contribution in [0.3, 0.4) is 0 Å². The molecular weight excluding hydrogens is 464 g/mol. The minimum Gasteiger partial charge on any atom is -0.423 e. The Labute approximate surface area is 209 Å². The first-order chi connectivity index (χ1) is 17.4. The summed E-state index contributed by atoms with van der Waals surface area (Å²) in [6.45, 7) is 0.734. The first-order valence-corrected chi connectivity index (χ1v) is 11.3. The van der Waals surface area contributed by atoms with Gasteiger partial charge in [0, 0.05) is 49.6 Å². The van der Waals surface area contributed by atoms with Crippen LogP contribution in [-0.4, -0.2) is 38.5 Å². The van der Waals surface area contributed by atoms with Crippen molar-refractivity contribution in [2.75, 3.05) is 14.2 Å². The molecule has 4 aromatic rings. The molecule has 0 radical (unpaired) electrons. The van der Waals surface area contributed by atoms with E-state index >= 15 is 0 Å². The van der Waals surface area contributed by atoms with Crippen molar-refractivity contribution in [2.45, 2.75) is 13.1 Å². The molecule has 0 atom stereocenters. The fraction of sp³-hybridized carbons (Fsp3) is 0.154. The molecule has 36 heavy (non-hydrogen) atoms. The van der Waals surface area contributed by atoms with Crippen molar-refractivity contribution in [1.29, 1.82) is 0 Å². The van der Waals surface area contributed by atoms with Crippen LogP contribution in [-0.2, 0) is 22.4 Å². The van der Waals surface area contributed by atoms with Gasteiger partial charge in [-0.05, 0) is 46.3 Å². The molecule has 4 rings (SSSR count). The van der Waals surface area contributed by atoms with Crippen LogP contribution in [0.1, 0.15) is 11.1 Å². The predicted octanol–water partition coefficient (Wildman–Crippen LogP) is 0.971. The summed E-state index contributed by atoms with van der Waals surface area (Å²) in [5, 5.41) is 20.1. The monoisotopic (exact) mass is 490 g/mol. The van der Waals surface area contributed by atoms with Crippen molar-refractivity contribution >= 4 is 25.2 Å². The summed E-state index contributed by atoms with van der Waals surface area (Å²) < 4.78 is 41.4. The molecule has 0 aliphatic carbocycles. The van der Waals surface area contributed by atoms with Gasteiger partial charge < -0.3 is 19.4 Å². The lowest BCUT2D eigenvalue weighted by Crippen LogP contribution is -2.41. The lowest BCUT2D eigenvalue weighted by Gasteiger charge is -2.10. The molecule has 2 aromatic heterocycles. The maximum Gasteiger partial charge on any atom is 0.491 e. The van der Waals surface area contributed by atoms with E-state index in [1.54, 1.807) is 0 Å². The van der Waals surface area contributed by atoms with E-state index in [1.807, 2.05) is 58.2 Å². The van der Waals surface area contributed by atoms with Crippen LogP contribution in [0.2, 0.25) is 0 Å². The van der Waals surface area contributed by atoms with Gasteiger partial charge in [-0.2, -0.15) is 0 Å². The molecule has 0 aliphatic rings. The fourth-order valence-electron chi connectivity index (χ4n) is 4.06. The maximum atomic E-state index is 13.8. The highest BCUT2D eigenvalue weighted by Crippen LogP contribution is 2.16. The molecule has 0 aliphatic heterocycles. The number of hydrogen-bond donors (Lipinski definition) is 2. The second kappa shape index (κ2) is 11.5. The molecule has 0 fully saturated rings. The minimum atomic E-state index is -1.13. The zero-order chi connectivity index (χ0) is 25.7. The van der Waals surface area contributed by atoms with Crippen molar-refractivity contribution in [1.82, 2.24) is 0 Å². The first-order valence-electron chi connectivity index (χ1n) is 11.3. The van der Waals surface area contributed by atoms with Gasteiger partial charge in [-0.15, -0.1) is 0 Å². The van der Waals surface area contributed by atoms with Gasteiger partial charge in [-0.25, -0.2) is 17.9 Å². The molecule has 2 heterocycles. The maximum absolute atomic E-state index is 13.8. The van der Waals surface area contributed by atoms with E-state index in [9.17, 15) is 18.8 Å². The molecule has 0 bridgehead atoms. The highest BCUT2D eigenvalue weighted by Gasteiger charge is 2.22. The quantitative estimate of drug-likeness (QED) is 0.271. The smallest absolute Gasteiger partial charge is 0.423 e. The van der Waals surface area contributed by atoms with E-state index in [1.165, 1.54) is 50.6 Å². The van der Waals surface area contributed by atoms with Crippen molar-refractivity contribution in [3.05, 3.63) is 108 Å². The normalized spacial score (nSPS) is 10.9. The average Bonchev–Trinajstić information content (AvgIpc) is 2.89. The van der Waals surface area contributed by atoms with Gasteiger partial charge in [0.1, 0.15) is 11.6 Å². The number of aromatic nitrogens is 2. The van der Waals surface area contributed by atoms with Crippen LogP contribution in [0.4, 0.5) is 8.78 Å². The molecule has 182 valence electrons. The number of benzene rings is 2. The highest BCUT2D eigenvalue weighted by atomic mass is 19.1. The number of hydrogen-bond acceptors (Lipinski definition) is 4. The Morgan fingerprint density at radius 1 is 0.639 bits per heavy atom. The molecule has 10 heteroatoms. The standard InChI is InChI=1S/C26H26B2F2N2O4/c1-35-27(33)25-5-3-23(29)15-21(25)17-31-11-7-19(8-12-31)20-9-13-32(14-10-20)18-22-16-24(30)4-6-26(22)28(34)36-2/h3-16,33-34H,17-18H2,1-2H3/q+2. The molecular formula is C26H26B2F2N2O4+2. The third-order valence-corrected chi connectivity index (χ3v) is 6.01. The number of pyridine rings is 2. The number of nitrogens with zero attached hydrogens (tertiary/aromatic N) is 2. The zero-order valence-electron chi connectivity index (χ0n) is 20.0.